The van der Waals surface area contributed by atoms with E-state index in [4.69, 9.17) is 14.2 Å². The Morgan fingerprint density at radius 1 is 1.23 bits per heavy atom. The number of ether oxygens (including phenoxy) is 3. The van der Waals surface area contributed by atoms with Gasteiger partial charge < -0.3 is 14.2 Å². The predicted molar refractivity (Wildman–Crippen MR) is 95.5 cm³/mol. The van der Waals surface area contributed by atoms with Crippen LogP contribution in [-0.2, 0) is 11.3 Å². The largest absolute Gasteiger partial charge is 0.493 e. The van der Waals surface area contributed by atoms with Crippen molar-refractivity contribution < 1.29 is 19.0 Å². The van der Waals surface area contributed by atoms with Crippen LogP contribution in [0.2, 0.25) is 0 Å². The first-order valence-corrected chi connectivity index (χ1v) is 8.25. The molecule has 0 bridgehead atoms. The van der Waals surface area contributed by atoms with E-state index in [1.807, 2.05) is 24.3 Å². The fourth-order valence-electron chi connectivity index (χ4n) is 1.88. The maximum absolute atomic E-state index is 11.6. The van der Waals surface area contributed by atoms with Crippen LogP contribution in [0.3, 0.4) is 0 Å². The summed E-state index contributed by atoms with van der Waals surface area (Å²) in [6.07, 6.45) is 0. The van der Waals surface area contributed by atoms with E-state index in [9.17, 15) is 4.79 Å². The molecule has 0 atom stereocenters. The molecule has 0 saturated carbocycles. The second-order valence-electron chi connectivity index (χ2n) is 4.40. The van der Waals surface area contributed by atoms with Gasteiger partial charge in [-0.05, 0) is 52.4 Å². The Kier molecular flexibility index (Phi) is 6.07. The lowest BCUT2D eigenvalue weighted by Crippen LogP contribution is -2.05. The molecule has 0 radical (unpaired) electrons. The van der Waals surface area contributed by atoms with Crippen LogP contribution in [-0.4, -0.2) is 20.2 Å². The van der Waals surface area contributed by atoms with E-state index in [0.717, 1.165) is 13.6 Å². The Bertz CT molecular complexity index is 688. The molecule has 0 heterocycles. The van der Waals surface area contributed by atoms with Gasteiger partial charge in [-0.15, -0.1) is 0 Å². The summed E-state index contributed by atoms with van der Waals surface area (Å²) in [5.41, 5.74) is 1.46. The van der Waals surface area contributed by atoms with Crippen LogP contribution in [0.5, 0.6) is 11.5 Å². The summed E-state index contributed by atoms with van der Waals surface area (Å²) in [5.74, 6) is 0.702. The van der Waals surface area contributed by atoms with Crippen molar-refractivity contribution in [2.75, 3.05) is 14.2 Å². The van der Waals surface area contributed by atoms with Gasteiger partial charge in [-0.1, -0.05) is 28.1 Å². The number of benzene rings is 2. The summed E-state index contributed by atoms with van der Waals surface area (Å²) in [6, 6.07) is 11.2. The molecule has 0 unspecified atom stereocenters. The molecule has 0 spiro atoms. The van der Waals surface area contributed by atoms with Gasteiger partial charge in [0.2, 0.25) is 0 Å². The first-order chi connectivity index (χ1) is 10.5. The SMILES string of the molecule is COC(=O)c1cc(I)c(OCc2cccc(Br)c2)c(OC)c1. The van der Waals surface area contributed by atoms with E-state index >= 15 is 0 Å². The van der Waals surface area contributed by atoms with Crippen molar-refractivity contribution in [2.24, 2.45) is 0 Å². The Labute approximate surface area is 151 Å². The number of methoxy groups -OCH3 is 2. The Balaban J connectivity index is 2.25. The lowest BCUT2D eigenvalue weighted by Gasteiger charge is -2.14. The first kappa shape index (κ1) is 17.1. The van der Waals surface area contributed by atoms with Crippen molar-refractivity contribution in [2.45, 2.75) is 6.61 Å². The van der Waals surface area contributed by atoms with Crippen LogP contribution in [0.4, 0.5) is 0 Å². The molecule has 0 amide bonds. The van der Waals surface area contributed by atoms with Gasteiger partial charge in [0.05, 0.1) is 23.4 Å². The van der Waals surface area contributed by atoms with E-state index < -0.39 is 5.97 Å². The number of carbonyl (C=O) groups is 1. The van der Waals surface area contributed by atoms with E-state index in [2.05, 4.69) is 38.5 Å². The van der Waals surface area contributed by atoms with Gasteiger partial charge in [0.25, 0.3) is 0 Å². The average Bonchev–Trinajstić information content (AvgIpc) is 2.52. The third-order valence-corrected chi connectivity index (χ3v) is 4.22. The van der Waals surface area contributed by atoms with Gasteiger partial charge in [0.15, 0.2) is 11.5 Å². The monoisotopic (exact) mass is 476 g/mol. The smallest absolute Gasteiger partial charge is 0.338 e. The molecule has 2 rings (SSSR count). The molecule has 0 fully saturated rings. The van der Waals surface area contributed by atoms with Gasteiger partial charge in [-0.3, -0.25) is 0 Å². The van der Waals surface area contributed by atoms with Crippen LogP contribution >= 0.6 is 38.5 Å². The van der Waals surface area contributed by atoms with E-state index in [-0.39, 0.29) is 0 Å². The van der Waals surface area contributed by atoms with Crippen molar-refractivity contribution in [3.8, 4) is 11.5 Å². The fourth-order valence-corrected chi connectivity index (χ4v) is 3.08. The molecule has 0 aromatic heterocycles. The van der Waals surface area contributed by atoms with E-state index in [0.29, 0.717) is 23.7 Å². The number of hydrogen-bond donors (Lipinski definition) is 0. The maximum atomic E-state index is 11.6. The summed E-state index contributed by atoms with van der Waals surface area (Å²) in [5, 5.41) is 0. The van der Waals surface area contributed by atoms with Crippen LogP contribution < -0.4 is 9.47 Å². The zero-order chi connectivity index (χ0) is 16.1. The van der Waals surface area contributed by atoms with Crippen LogP contribution in [0.15, 0.2) is 40.9 Å². The summed E-state index contributed by atoms with van der Waals surface area (Å²) in [4.78, 5) is 11.6. The second-order valence-corrected chi connectivity index (χ2v) is 6.48. The minimum absolute atomic E-state index is 0.406. The number of carbonyl (C=O) groups excluding carboxylic acids is 1. The molecule has 4 nitrogen and oxygen atoms in total. The topological polar surface area (TPSA) is 44.8 Å². The van der Waals surface area contributed by atoms with Crippen molar-refractivity contribution in [1.29, 1.82) is 0 Å². The zero-order valence-corrected chi connectivity index (χ0v) is 15.8. The van der Waals surface area contributed by atoms with Gasteiger partial charge in [0, 0.05) is 4.47 Å². The van der Waals surface area contributed by atoms with Gasteiger partial charge in [-0.2, -0.15) is 0 Å². The molecule has 116 valence electrons. The number of hydrogen-bond acceptors (Lipinski definition) is 4. The standard InChI is InChI=1S/C16H14BrIO4/c1-20-14-8-11(16(19)21-2)7-13(18)15(14)22-9-10-4-3-5-12(17)6-10/h3-8H,9H2,1-2H3. The molecule has 22 heavy (non-hydrogen) atoms. The van der Waals surface area contributed by atoms with Crippen molar-refractivity contribution in [3.63, 3.8) is 0 Å². The number of rotatable bonds is 5. The fraction of sp³-hybridized carbons (Fsp3) is 0.188. The highest BCUT2D eigenvalue weighted by Crippen LogP contribution is 2.34. The number of halogens is 2. The number of esters is 1. The van der Waals surface area contributed by atoms with Crippen molar-refractivity contribution in [3.05, 3.63) is 55.6 Å². The summed E-state index contributed by atoms with van der Waals surface area (Å²) in [6.45, 7) is 0.406. The predicted octanol–water partition coefficient (Wildman–Crippen LogP) is 4.43. The zero-order valence-electron chi connectivity index (χ0n) is 12.1. The Morgan fingerprint density at radius 2 is 2.00 bits per heavy atom. The van der Waals surface area contributed by atoms with Gasteiger partial charge in [-0.25, -0.2) is 4.79 Å². The van der Waals surface area contributed by atoms with Crippen molar-refractivity contribution in [1.82, 2.24) is 0 Å². The molecule has 0 N–H and O–H groups in total. The van der Waals surface area contributed by atoms with Crippen molar-refractivity contribution >= 4 is 44.5 Å². The maximum Gasteiger partial charge on any atom is 0.338 e. The molecule has 0 aliphatic heterocycles. The van der Waals surface area contributed by atoms with Gasteiger partial charge >= 0.3 is 5.97 Å². The molecule has 6 heteroatoms. The molecule has 0 aliphatic carbocycles. The molecule has 2 aromatic carbocycles. The van der Waals surface area contributed by atoms with Crippen LogP contribution in [0, 0.1) is 3.57 Å². The Morgan fingerprint density at radius 3 is 2.64 bits per heavy atom. The van der Waals surface area contributed by atoms with Crippen LogP contribution in [0.1, 0.15) is 15.9 Å². The van der Waals surface area contributed by atoms with E-state index in [1.165, 1.54) is 7.11 Å². The first-order valence-electron chi connectivity index (χ1n) is 6.38. The van der Waals surface area contributed by atoms with Gasteiger partial charge in [0.1, 0.15) is 6.61 Å². The Hall–Kier alpha value is -1.28. The third kappa shape index (κ3) is 4.13. The summed E-state index contributed by atoms with van der Waals surface area (Å²) >= 11 is 5.54. The molecule has 2 aromatic rings. The normalized spacial score (nSPS) is 10.2. The lowest BCUT2D eigenvalue weighted by molar-refractivity contribution is 0.0600. The highest BCUT2D eigenvalue weighted by molar-refractivity contribution is 14.1. The van der Waals surface area contributed by atoms with E-state index in [1.54, 1.807) is 19.2 Å². The van der Waals surface area contributed by atoms with Crippen LogP contribution in [0.25, 0.3) is 0 Å². The molecular formula is C16H14BrIO4. The summed E-state index contributed by atoms with van der Waals surface area (Å²) in [7, 11) is 2.89. The minimum atomic E-state index is -0.408. The molecule has 0 saturated heterocycles. The highest BCUT2D eigenvalue weighted by Gasteiger charge is 2.16. The minimum Gasteiger partial charge on any atom is -0.493 e. The highest BCUT2D eigenvalue weighted by atomic mass is 127. The average molecular weight is 477 g/mol. The molecular weight excluding hydrogens is 463 g/mol. The lowest BCUT2D eigenvalue weighted by atomic mass is 10.2. The third-order valence-electron chi connectivity index (χ3n) is 2.92. The molecule has 0 aliphatic rings. The quantitative estimate of drug-likeness (QED) is 0.473. The second kappa shape index (κ2) is 7.82. The summed E-state index contributed by atoms with van der Waals surface area (Å²) < 4.78 is 17.7.